The number of benzene rings is 4. The van der Waals surface area contributed by atoms with E-state index in [0.717, 1.165) is 5.56 Å². The number of nitrogens with one attached hydrogen (secondary N) is 1. The first-order valence-electron chi connectivity index (χ1n) is 11.4. The van der Waals surface area contributed by atoms with Gasteiger partial charge in [0.2, 0.25) is 10.0 Å². The zero-order valence-electron chi connectivity index (χ0n) is 20.0. The van der Waals surface area contributed by atoms with Crippen molar-refractivity contribution in [1.82, 2.24) is 4.72 Å². The molecule has 4 aromatic carbocycles. The van der Waals surface area contributed by atoms with Crippen molar-refractivity contribution in [2.75, 3.05) is 6.54 Å². The summed E-state index contributed by atoms with van der Waals surface area (Å²) >= 11 is 0. The number of sulfonamides is 1. The van der Waals surface area contributed by atoms with E-state index in [2.05, 4.69) is 4.72 Å². The number of carbonyl (C=O) groups is 2. The molecule has 0 saturated heterocycles. The minimum atomic E-state index is -3.93. The molecule has 188 valence electrons. The van der Waals surface area contributed by atoms with Gasteiger partial charge in [0.1, 0.15) is 12.4 Å². The summed E-state index contributed by atoms with van der Waals surface area (Å²) in [7, 11) is -3.93. The summed E-state index contributed by atoms with van der Waals surface area (Å²) < 4.78 is 47.4. The molecule has 0 fully saturated rings. The third kappa shape index (κ3) is 6.35. The Morgan fingerprint density at radius 2 is 1.51 bits per heavy atom. The highest BCUT2D eigenvalue weighted by molar-refractivity contribution is 7.89. The quantitative estimate of drug-likeness (QED) is 0.240. The van der Waals surface area contributed by atoms with E-state index in [-0.39, 0.29) is 22.6 Å². The SMILES string of the molecule is Cc1cc(-c2cccc(C(=O)OCc3ccccc3)c2)cc(C(=O)CNS(=O)(=O)c2ccccc2)c1F. The van der Waals surface area contributed by atoms with Gasteiger partial charge in [-0.05, 0) is 65.6 Å². The van der Waals surface area contributed by atoms with Gasteiger partial charge in [0.05, 0.1) is 22.6 Å². The Morgan fingerprint density at radius 1 is 0.838 bits per heavy atom. The first-order valence-corrected chi connectivity index (χ1v) is 12.9. The van der Waals surface area contributed by atoms with Gasteiger partial charge in [-0.3, -0.25) is 4.79 Å². The molecule has 0 unspecified atom stereocenters. The Kier molecular flexibility index (Phi) is 7.91. The zero-order chi connectivity index (χ0) is 26.4. The van der Waals surface area contributed by atoms with E-state index >= 15 is 0 Å². The average molecular weight is 518 g/mol. The Labute approximate surface area is 214 Å². The zero-order valence-corrected chi connectivity index (χ0v) is 20.8. The van der Waals surface area contributed by atoms with E-state index in [4.69, 9.17) is 4.74 Å². The van der Waals surface area contributed by atoms with Crippen LogP contribution in [0.15, 0.2) is 102 Å². The van der Waals surface area contributed by atoms with Crippen molar-refractivity contribution in [3.63, 3.8) is 0 Å². The van der Waals surface area contributed by atoms with Crippen LogP contribution in [0.4, 0.5) is 4.39 Å². The summed E-state index contributed by atoms with van der Waals surface area (Å²) in [6, 6.07) is 26.4. The number of hydrogen-bond acceptors (Lipinski definition) is 5. The van der Waals surface area contributed by atoms with Gasteiger partial charge in [-0.1, -0.05) is 60.7 Å². The number of Topliss-reactive ketones (excluding diaryl/α,β-unsaturated/α-hetero) is 1. The molecule has 0 aliphatic rings. The molecular weight excluding hydrogens is 493 g/mol. The molecule has 0 heterocycles. The predicted octanol–water partition coefficient (Wildman–Crippen LogP) is 5.32. The first-order chi connectivity index (χ1) is 17.7. The molecule has 6 nitrogen and oxygen atoms in total. The summed E-state index contributed by atoms with van der Waals surface area (Å²) in [5, 5.41) is 0. The molecule has 0 aromatic heterocycles. The molecule has 0 aliphatic carbocycles. The Balaban J connectivity index is 1.53. The van der Waals surface area contributed by atoms with Crippen LogP contribution in [0.3, 0.4) is 0 Å². The number of esters is 1. The van der Waals surface area contributed by atoms with E-state index in [1.807, 2.05) is 30.3 Å². The Hall–Kier alpha value is -4.14. The maximum Gasteiger partial charge on any atom is 0.338 e. The molecule has 0 bridgehead atoms. The maximum atomic E-state index is 14.9. The van der Waals surface area contributed by atoms with Gasteiger partial charge in [-0.2, -0.15) is 0 Å². The number of rotatable bonds is 9. The van der Waals surface area contributed by atoms with Gasteiger partial charge in [0.25, 0.3) is 0 Å². The number of hydrogen-bond donors (Lipinski definition) is 1. The fraction of sp³-hybridized carbons (Fsp3) is 0.103. The van der Waals surface area contributed by atoms with Crippen LogP contribution in [0.5, 0.6) is 0 Å². The van der Waals surface area contributed by atoms with E-state index < -0.39 is 34.1 Å². The van der Waals surface area contributed by atoms with E-state index in [1.54, 1.807) is 48.5 Å². The molecule has 0 amide bonds. The van der Waals surface area contributed by atoms with Gasteiger partial charge in [0, 0.05) is 0 Å². The molecule has 8 heteroatoms. The van der Waals surface area contributed by atoms with Gasteiger partial charge in [0.15, 0.2) is 5.78 Å². The summed E-state index contributed by atoms with van der Waals surface area (Å²) in [4.78, 5) is 25.4. The highest BCUT2D eigenvalue weighted by Crippen LogP contribution is 2.26. The minimum absolute atomic E-state index is 0.00386. The highest BCUT2D eigenvalue weighted by atomic mass is 32.2. The monoisotopic (exact) mass is 517 g/mol. The van der Waals surface area contributed by atoms with E-state index in [1.165, 1.54) is 25.1 Å². The van der Waals surface area contributed by atoms with Crippen LogP contribution < -0.4 is 4.72 Å². The predicted molar refractivity (Wildman–Crippen MR) is 138 cm³/mol. The number of ether oxygens (including phenoxy) is 1. The second-order valence-electron chi connectivity index (χ2n) is 8.36. The fourth-order valence-electron chi connectivity index (χ4n) is 3.71. The molecular formula is C29H24FNO5S. The molecule has 0 aliphatic heterocycles. The number of aryl methyl sites for hydroxylation is 1. The Morgan fingerprint density at radius 3 is 2.22 bits per heavy atom. The van der Waals surface area contributed by atoms with Gasteiger partial charge < -0.3 is 4.74 Å². The second kappa shape index (κ2) is 11.3. The minimum Gasteiger partial charge on any atom is -0.457 e. The molecule has 0 spiro atoms. The van der Waals surface area contributed by atoms with Crippen LogP contribution in [0.1, 0.15) is 31.8 Å². The van der Waals surface area contributed by atoms with Crippen molar-refractivity contribution in [2.45, 2.75) is 18.4 Å². The average Bonchev–Trinajstić information content (AvgIpc) is 2.93. The van der Waals surface area contributed by atoms with E-state index in [0.29, 0.717) is 16.7 Å². The lowest BCUT2D eigenvalue weighted by atomic mass is 9.96. The van der Waals surface area contributed by atoms with Crippen molar-refractivity contribution in [3.05, 3.63) is 125 Å². The summed E-state index contributed by atoms with van der Waals surface area (Å²) in [5.41, 5.74) is 2.21. The number of ketones is 1. The standard InChI is InChI=1S/C29H24FNO5S/c1-20-15-24(22-11-8-12-23(16-22)29(33)36-19-21-9-4-2-5-10-21)17-26(28(20)30)27(32)18-31-37(34,35)25-13-6-3-7-14-25/h2-17,31H,18-19H2,1H3. The van der Waals surface area contributed by atoms with Crippen LogP contribution in [-0.4, -0.2) is 26.7 Å². The fourth-order valence-corrected chi connectivity index (χ4v) is 4.71. The molecule has 1 N–H and O–H groups in total. The lowest BCUT2D eigenvalue weighted by molar-refractivity contribution is 0.0472. The van der Waals surface area contributed by atoms with Crippen molar-refractivity contribution < 1.29 is 27.1 Å². The van der Waals surface area contributed by atoms with E-state index in [9.17, 15) is 22.4 Å². The third-order valence-corrected chi connectivity index (χ3v) is 7.09. The van der Waals surface area contributed by atoms with Crippen molar-refractivity contribution in [2.24, 2.45) is 0 Å². The van der Waals surface area contributed by atoms with Crippen LogP contribution in [0.2, 0.25) is 0 Å². The van der Waals surface area contributed by atoms with Gasteiger partial charge in [-0.25, -0.2) is 22.3 Å². The number of carbonyl (C=O) groups excluding carboxylic acids is 2. The van der Waals surface area contributed by atoms with Crippen LogP contribution in [0.25, 0.3) is 11.1 Å². The topological polar surface area (TPSA) is 89.5 Å². The lowest BCUT2D eigenvalue weighted by Crippen LogP contribution is -2.30. The smallest absolute Gasteiger partial charge is 0.338 e. The highest BCUT2D eigenvalue weighted by Gasteiger charge is 2.20. The lowest BCUT2D eigenvalue weighted by Gasteiger charge is -2.12. The molecule has 37 heavy (non-hydrogen) atoms. The molecule has 4 rings (SSSR count). The van der Waals surface area contributed by atoms with Crippen LogP contribution in [-0.2, 0) is 21.4 Å². The summed E-state index contributed by atoms with van der Waals surface area (Å²) in [6.07, 6.45) is 0. The van der Waals surface area contributed by atoms with Gasteiger partial charge in [-0.15, -0.1) is 0 Å². The largest absolute Gasteiger partial charge is 0.457 e. The molecule has 0 saturated carbocycles. The normalized spacial score (nSPS) is 11.2. The number of halogens is 1. The van der Waals surface area contributed by atoms with Gasteiger partial charge >= 0.3 is 5.97 Å². The first kappa shape index (κ1) is 25.9. The van der Waals surface area contributed by atoms with Crippen molar-refractivity contribution in [3.8, 4) is 11.1 Å². The van der Waals surface area contributed by atoms with Crippen LogP contribution >= 0.6 is 0 Å². The Bertz CT molecular complexity index is 1540. The molecule has 0 radical (unpaired) electrons. The molecule has 4 aromatic rings. The molecule has 0 atom stereocenters. The van der Waals surface area contributed by atoms with Crippen molar-refractivity contribution in [1.29, 1.82) is 0 Å². The van der Waals surface area contributed by atoms with Crippen molar-refractivity contribution >= 4 is 21.8 Å². The summed E-state index contributed by atoms with van der Waals surface area (Å²) in [5.74, 6) is -1.97. The summed E-state index contributed by atoms with van der Waals surface area (Å²) in [6.45, 7) is 1.03. The second-order valence-corrected chi connectivity index (χ2v) is 10.1. The maximum absolute atomic E-state index is 14.9. The third-order valence-electron chi connectivity index (χ3n) is 5.68. The van der Waals surface area contributed by atoms with Crippen LogP contribution in [0, 0.1) is 12.7 Å².